The summed E-state index contributed by atoms with van der Waals surface area (Å²) in [6, 6.07) is 11.2. The van der Waals surface area contributed by atoms with Gasteiger partial charge in [-0.15, -0.1) is 0 Å². The average Bonchev–Trinajstić information content (AvgIpc) is 2.31. The van der Waals surface area contributed by atoms with Crippen molar-refractivity contribution in [3.8, 4) is 0 Å². The van der Waals surface area contributed by atoms with Crippen LogP contribution in [0, 0.1) is 0 Å². The molecule has 1 saturated heterocycles. The number of benzene rings is 1. The highest BCUT2D eigenvalue weighted by Crippen LogP contribution is 2.16. The molecule has 15 heavy (non-hydrogen) atoms. The van der Waals surface area contributed by atoms with Crippen LogP contribution in [0.1, 0.15) is 31.7 Å². The van der Waals surface area contributed by atoms with Gasteiger partial charge in [0.25, 0.3) is 0 Å². The maximum absolute atomic E-state index is 3.57. The van der Waals surface area contributed by atoms with Gasteiger partial charge in [-0.25, -0.2) is 0 Å². The van der Waals surface area contributed by atoms with Crippen LogP contribution < -0.4 is 5.32 Å². The highest BCUT2D eigenvalue weighted by atomic mass is 14.9. The van der Waals surface area contributed by atoms with Gasteiger partial charge in [0.15, 0.2) is 0 Å². The molecule has 0 aliphatic carbocycles. The predicted molar refractivity (Wildman–Crippen MR) is 65.7 cm³/mol. The topological polar surface area (TPSA) is 12.0 Å². The minimum Gasteiger partial charge on any atom is -0.310 e. The van der Waals surface area contributed by atoms with Gasteiger partial charge in [-0.05, 0) is 31.9 Å². The van der Waals surface area contributed by atoms with Crippen molar-refractivity contribution >= 4 is 6.08 Å². The quantitative estimate of drug-likeness (QED) is 0.774. The lowest BCUT2D eigenvalue weighted by Crippen LogP contribution is -2.34. The first-order chi connectivity index (χ1) is 7.36. The molecule has 1 N–H and O–H groups in total. The van der Waals surface area contributed by atoms with E-state index in [-0.39, 0.29) is 0 Å². The highest BCUT2D eigenvalue weighted by molar-refractivity contribution is 5.53. The molecule has 0 bridgehead atoms. The van der Waals surface area contributed by atoms with Crippen LogP contribution in [0.25, 0.3) is 6.08 Å². The van der Waals surface area contributed by atoms with Gasteiger partial charge in [0.05, 0.1) is 0 Å². The molecule has 0 aromatic heterocycles. The summed E-state index contributed by atoms with van der Waals surface area (Å²) >= 11 is 0. The fourth-order valence-electron chi connectivity index (χ4n) is 2.15. The summed E-state index contributed by atoms with van der Waals surface area (Å²) in [6.45, 7) is 3.40. The molecule has 0 radical (unpaired) electrons. The van der Waals surface area contributed by atoms with Gasteiger partial charge in [-0.2, -0.15) is 0 Å². The molecule has 1 nitrogen and oxygen atoms in total. The van der Waals surface area contributed by atoms with E-state index >= 15 is 0 Å². The van der Waals surface area contributed by atoms with Crippen LogP contribution in [0.3, 0.4) is 0 Å². The fourth-order valence-corrected chi connectivity index (χ4v) is 2.15. The van der Waals surface area contributed by atoms with E-state index in [0.717, 1.165) is 0 Å². The van der Waals surface area contributed by atoms with Crippen molar-refractivity contribution < 1.29 is 0 Å². The average molecular weight is 201 g/mol. The first kappa shape index (κ1) is 10.4. The summed E-state index contributed by atoms with van der Waals surface area (Å²) < 4.78 is 0. The largest absolute Gasteiger partial charge is 0.310 e. The van der Waals surface area contributed by atoms with Crippen molar-refractivity contribution in [2.24, 2.45) is 0 Å². The van der Waals surface area contributed by atoms with E-state index in [4.69, 9.17) is 0 Å². The van der Waals surface area contributed by atoms with Crippen LogP contribution in [-0.2, 0) is 0 Å². The second-order valence-corrected chi connectivity index (χ2v) is 4.30. The normalized spacial score (nSPS) is 22.7. The van der Waals surface area contributed by atoms with E-state index < -0.39 is 0 Å². The second kappa shape index (κ2) is 5.13. The van der Waals surface area contributed by atoms with E-state index in [2.05, 4.69) is 48.6 Å². The van der Waals surface area contributed by atoms with Crippen molar-refractivity contribution in [3.05, 3.63) is 41.5 Å². The lowest BCUT2D eigenvalue weighted by atomic mass is 9.97. The molecule has 0 spiro atoms. The summed E-state index contributed by atoms with van der Waals surface area (Å²) in [5.74, 6) is 0. The number of hydrogen-bond acceptors (Lipinski definition) is 1. The zero-order chi connectivity index (χ0) is 10.5. The first-order valence-electron chi connectivity index (χ1n) is 5.83. The first-order valence-corrected chi connectivity index (χ1v) is 5.83. The molecule has 80 valence electrons. The van der Waals surface area contributed by atoms with Crippen molar-refractivity contribution in [1.82, 2.24) is 5.32 Å². The fraction of sp³-hybridized carbons (Fsp3) is 0.429. The Morgan fingerprint density at radius 3 is 2.73 bits per heavy atom. The van der Waals surface area contributed by atoms with Gasteiger partial charge in [-0.1, -0.05) is 48.4 Å². The van der Waals surface area contributed by atoms with Crippen molar-refractivity contribution in [2.75, 3.05) is 6.54 Å². The van der Waals surface area contributed by atoms with Gasteiger partial charge in [-0.3, -0.25) is 0 Å². The van der Waals surface area contributed by atoms with E-state index in [0.29, 0.717) is 6.04 Å². The van der Waals surface area contributed by atoms with Crippen LogP contribution in [-0.4, -0.2) is 12.6 Å². The van der Waals surface area contributed by atoms with Crippen molar-refractivity contribution in [3.63, 3.8) is 0 Å². The molecule has 1 atom stereocenters. The monoisotopic (exact) mass is 201 g/mol. The Morgan fingerprint density at radius 1 is 1.27 bits per heavy atom. The van der Waals surface area contributed by atoms with Gasteiger partial charge < -0.3 is 5.32 Å². The molecule has 0 amide bonds. The van der Waals surface area contributed by atoms with E-state index in [1.54, 1.807) is 0 Å². The smallest absolute Gasteiger partial charge is 0.0279 e. The Labute approximate surface area is 92.2 Å². The molecule has 1 aliphatic rings. The minimum absolute atomic E-state index is 0.596. The summed E-state index contributed by atoms with van der Waals surface area (Å²) in [4.78, 5) is 0. The number of piperidine rings is 1. The molecule has 1 heterocycles. The third-order valence-corrected chi connectivity index (χ3v) is 3.05. The Hall–Kier alpha value is -1.08. The Kier molecular flexibility index (Phi) is 3.57. The summed E-state index contributed by atoms with van der Waals surface area (Å²) in [5, 5.41) is 3.57. The molecular formula is C14H19N. The standard InChI is InChI=1S/C14H19N/c1-12(14-9-5-6-10-15-14)11-13-7-3-2-4-8-13/h2-4,7-8,11,14-15H,5-6,9-10H2,1H3/b12-11-. The van der Waals surface area contributed by atoms with Crippen LogP contribution in [0.4, 0.5) is 0 Å². The highest BCUT2D eigenvalue weighted by Gasteiger charge is 2.13. The lowest BCUT2D eigenvalue weighted by molar-refractivity contribution is 0.441. The molecule has 1 aromatic carbocycles. The minimum atomic E-state index is 0.596. The van der Waals surface area contributed by atoms with Gasteiger partial charge in [0, 0.05) is 6.04 Å². The van der Waals surface area contributed by atoms with Crippen LogP contribution >= 0.6 is 0 Å². The zero-order valence-corrected chi connectivity index (χ0v) is 9.37. The third-order valence-electron chi connectivity index (χ3n) is 3.05. The van der Waals surface area contributed by atoms with Crippen LogP contribution in [0.5, 0.6) is 0 Å². The van der Waals surface area contributed by atoms with Crippen LogP contribution in [0.2, 0.25) is 0 Å². The van der Waals surface area contributed by atoms with E-state index in [1.807, 2.05) is 0 Å². The molecule has 1 fully saturated rings. The maximum atomic E-state index is 3.57. The Bertz CT molecular complexity index is 320. The van der Waals surface area contributed by atoms with E-state index in [1.165, 1.54) is 36.9 Å². The summed E-state index contributed by atoms with van der Waals surface area (Å²) in [7, 11) is 0. The van der Waals surface area contributed by atoms with Gasteiger partial charge in [0.1, 0.15) is 0 Å². The second-order valence-electron chi connectivity index (χ2n) is 4.30. The molecule has 2 rings (SSSR count). The lowest BCUT2D eigenvalue weighted by Gasteiger charge is -2.24. The van der Waals surface area contributed by atoms with Gasteiger partial charge in [0.2, 0.25) is 0 Å². The van der Waals surface area contributed by atoms with E-state index in [9.17, 15) is 0 Å². The number of nitrogens with one attached hydrogen (secondary N) is 1. The Balaban J connectivity index is 2.06. The molecule has 1 heteroatoms. The maximum Gasteiger partial charge on any atom is 0.0279 e. The third kappa shape index (κ3) is 2.93. The number of hydrogen-bond donors (Lipinski definition) is 1. The van der Waals surface area contributed by atoms with Gasteiger partial charge >= 0.3 is 0 Å². The van der Waals surface area contributed by atoms with Crippen molar-refractivity contribution in [2.45, 2.75) is 32.2 Å². The molecule has 0 saturated carbocycles. The SMILES string of the molecule is C/C(=C/c1ccccc1)C1CCCCN1. The molecule has 1 aliphatic heterocycles. The Morgan fingerprint density at radius 2 is 2.07 bits per heavy atom. The summed E-state index contributed by atoms with van der Waals surface area (Å²) in [6.07, 6.45) is 6.27. The molecule has 1 aromatic rings. The summed E-state index contributed by atoms with van der Waals surface area (Å²) in [5.41, 5.74) is 2.77. The van der Waals surface area contributed by atoms with Crippen molar-refractivity contribution in [1.29, 1.82) is 0 Å². The zero-order valence-electron chi connectivity index (χ0n) is 9.37. The molecule has 1 unspecified atom stereocenters. The van der Waals surface area contributed by atoms with Crippen LogP contribution in [0.15, 0.2) is 35.9 Å². The number of rotatable bonds is 2. The molecular weight excluding hydrogens is 182 g/mol. The predicted octanol–water partition coefficient (Wildman–Crippen LogP) is 3.23.